The van der Waals surface area contributed by atoms with E-state index in [1.807, 2.05) is 30.3 Å². The van der Waals surface area contributed by atoms with Crippen molar-refractivity contribution in [3.05, 3.63) is 88.0 Å². The molecule has 7 rings (SSSR count). The van der Waals surface area contributed by atoms with Crippen molar-refractivity contribution in [2.24, 2.45) is 4.99 Å². The number of aromatic hydroxyl groups is 2. The van der Waals surface area contributed by atoms with E-state index in [0.717, 1.165) is 64.0 Å². The number of phenolic OH excluding ortho intramolecular Hbond substituents is 2. The number of aliphatic imine (C=N–C) groups is 1. The molecule has 0 amide bonds. The van der Waals surface area contributed by atoms with Crippen LogP contribution in [-0.2, 0) is 25.7 Å². The molecule has 3 aliphatic rings. The molecular weight excluding hydrogens is 556 g/mol. The second kappa shape index (κ2) is 11.1. The van der Waals surface area contributed by atoms with Crippen LogP contribution in [0.15, 0.2) is 59.6 Å². The van der Waals surface area contributed by atoms with Crippen LogP contribution in [0.25, 0.3) is 11.1 Å². The highest BCUT2D eigenvalue weighted by Gasteiger charge is 2.34. The summed E-state index contributed by atoms with van der Waals surface area (Å²) in [7, 11) is 6.95. The molecule has 6 bridgehead atoms. The highest BCUT2D eigenvalue weighted by Crippen LogP contribution is 2.51. The normalized spacial score (nSPS) is 17.2. The monoisotopic (exact) mass is 592 g/mol. The zero-order chi connectivity index (χ0) is 30.5. The van der Waals surface area contributed by atoms with Gasteiger partial charge >= 0.3 is 0 Å². The zero-order valence-corrected chi connectivity index (χ0v) is 25.4. The van der Waals surface area contributed by atoms with Gasteiger partial charge in [-0.25, -0.2) is 0 Å². The number of methoxy groups -OCH3 is 3. The van der Waals surface area contributed by atoms with Crippen LogP contribution < -0.4 is 18.9 Å². The van der Waals surface area contributed by atoms with E-state index >= 15 is 0 Å². The minimum Gasteiger partial charge on any atom is -0.507 e. The number of rotatable bonds is 3. The first-order valence-corrected chi connectivity index (χ1v) is 14.9. The maximum absolute atomic E-state index is 11.1. The average Bonchev–Trinajstić information content (AvgIpc) is 3.03. The van der Waals surface area contributed by atoms with Crippen LogP contribution in [0, 0.1) is 0 Å². The van der Waals surface area contributed by atoms with E-state index in [1.54, 1.807) is 33.5 Å². The lowest BCUT2D eigenvalue weighted by molar-refractivity contribution is 0.221. The van der Waals surface area contributed by atoms with Crippen LogP contribution >= 0.6 is 0 Å². The second-order valence-corrected chi connectivity index (χ2v) is 11.7. The fraction of sp³-hybridized carbons (Fsp3) is 0.306. The molecule has 4 aromatic carbocycles. The lowest BCUT2D eigenvalue weighted by Gasteiger charge is -2.36. The van der Waals surface area contributed by atoms with Crippen molar-refractivity contribution in [1.29, 1.82) is 0 Å². The van der Waals surface area contributed by atoms with Gasteiger partial charge < -0.3 is 29.2 Å². The molecule has 4 aromatic rings. The molecule has 3 aliphatic heterocycles. The van der Waals surface area contributed by atoms with E-state index in [4.69, 9.17) is 23.9 Å². The van der Waals surface area contributed by atoms with Crippen LogP contribution in [0.2, 0.25) is 0 Å². The molecular formula is C36H36N2O6. The third-order valence-corrected chi connectivity index (χ3v) is 9.16. The van der Waals surface area contributed by atoms with Gasteiger partial charge in [-0.15, -0.1) is 0 Å². The molecule has 8 nitrogen and oxygen atoms in total. The van der Waals surface area contributed by atoms with E-state index in [0.29, 0.717) is 47.9 Å². The van der Waals surface area contributed by atoms with E-state index in [2.05, 4.69) is 24.1 Å². The van der Waals surface area contributed by atoms with Crippen molar-refractivity contribution >= 4 is 5.71 Å². The smallest absolute Gasteiger partial charge is 0.204 e. The Morgan fingerprint density at radius 2 is 1.59 bits per heavy atom. The van der Waals surface area contributed by atoms with Gasteiger partial charge in [0.1, 0.15) is 11.5 Å². The Balaban J connectivity index is 1.52. The van der Waals surface area contributed by atoms with Crippen LogP contribution in [-0.4, -0.2) is 62.3 Å². The molecule has 1 unspecified atom stereocenters. The molecule has 0 aliphatic carbocycles. The fourth-order valence-electron chi connectivity index (χ4n) is 6.89. The van der Waals surface area contributed by atoms with Gasteiger partial charge in [-0.05, 0) is 91.0 Å². The summed E-state index contributed by atoms with van der Waals surface area (Å²) in [6, 6.07) is 17.6. The number of nitrogens with zero attached hydrogens (tertiary/aromatic N) is 2. The van der Waals surface area contributed by atoms with Gasteiger partial charge in [0.2, 0.25) is 5.75 Å². The molecule has 2 N–H and O–H groups in total. The number of hydrogen-bond acceptors (Lipinski definition) is 8. The number of ether oxygens (including phenoxy) is 4. The second-order valence-electron chi connectivity index (χ2n) is 11.7. The highest BCUT2D eigenvalue weighted by atomic mass is 16.5. The summed E-state index contributed by atoms with van der Waals surface area (Å²) < 4.78 is 24.2. The largest absolute Gasteiger partial charge is 0.507 e. The minimum atomic E-state index is -0.0851. The zero-order valence-electron chi connectivity index (χ0n) is 25.4. The van der Waals surface area contributed by atoms with Crippen molar-refractivity contribution in [1.82, 2.24) is 4.90 Å². The molecule has 0 saturated carbocycles. The van der Waals surface area contributed by atoms with Crippen molar-refractivity contribution in [2.45, 2.75) is 31.7 Å². The molecule has 8 heteroatoms. The molecule has 44 heavy (non-hydrogen) atoms. The summed E-state index contributed by atoms with van der Waals surface area (Å²) in [6.07, 6.45) is 2.77. The van der Waals surface area contributed by atoms with E-state index < -0.39 is 0 Å². The van der Waals surface area contributed by atoms with Crippen molar-refractivity contribution in [3.8, 4) is 51.4 Å². The Kier molecular flexibility index (Phi) is 7.09. The van der Waals surface area contributed by atoms with Gasteiger partial charge in [0.05, 0.1) is 21.3 Å². The molecule has 0 fully saturated rings. The molecule has 0 aromatic heterocycles. The Labute approximate surface area is 257 Å². The molecule has 1 atom stereocenters. The van der Waals surface area contributed by atoms with E-state index in [9.17, 15) is 10.2 Å². The van der Waals surface area contributed by atoms with Crippen molar-refractivity contribution in [2.75, 3.05) is 41.5 Å². The topological polar surface area (TPSA) is 93.0 Å². The Morgan fingerprint density at radius 1 is 0.795 bits per heavy atom. The lowest BCUT2D eigenvalue weighted by Crippen LogP contribution is -2.34. The van der Waals surface area contributed by atoms with Crippen LogP contribution in [0.4, 0.5) is 0 Å². The van der Waals surface area contributed by atoms with Crippen LogP contribution in [0.5, 0.6) is 40.2 Å². The first-order chi connectivity index (χ1) is 21.4. The summed E-state index contributed by atoms with van der Waals surface area (Å²) in [4.78, 5) is 7.25. The number of fused-ring (bicyclic) bond motifs is 6. The molecule has 0 saturated heterocycles. The van der Waals surface area contributed by atoms with Gasteiger partial charge in [0.25, 0.3) is 0 Å². The highest BCUT2D eigenvalue weighted by molar-refractivity contribution is 6.04. The summed E-state index contributed by atoms with van der Waals surface area (Å²) in [5, 5.41) is 22.2. The Bertz CT molecular complexity index is 1810. The fourth-order valence-corrected chi connectivity index (χ4v) is 6.89. The number of likely N-dealkylation sites (N-methyl/N-ethyl adjacent to an activating group) is 1. The number of benzene rings is 4. The molecule has 3 heterocycles. The third-order valence-electron chi connectivity index (χ3n) is 9.16. The minimum absolute atomic E-state index is 0.0406. The summed E-state index contributed by atoms with van der Waals surface area (Å²) in [6.45, 7) is 1.49. The first kappa shape index (κ1) is 28.1. The maximum atomic E-state index is 11.1. The standard InChI is InChI=1S/C36H36N2O6/c1-38-12-10-23-17-30(40)35(43-4)36-34(23)28(38)16-21-6-8-31(41-2)26(14-21)25-13-20(5-7-29(25)39)15-27-24-19-33(44-36)32(42-3)18-22(24)9-11-37-27/h5-8,13-14,17-19,28,39-40H,9-12,15-16H2,1-4H3. The van der Waals surface area contributed by atoms with Gasteiger partial charge in [-0.2, -0.15) is 0 Å². The third kappa shape index (κ3) is 4.70. The lowest BCUT2D eigenvalue weighted by atomic mass is 9.86. The summed E-state index contributed by atoms with van der Waals surface area (Å²) in [5.74, 6) is 2.83. The number of phenols is 2. The average molecular weight is 593 g/mol. The van der Waals surface area contributed by atoms with Crippen LogP contribution in [0.1, 0.15) is 39.4 Å². The molecule has 0 spiro atoms. The Hall–Kier alpha value is -4.69. The van der Waals surface area contributed by atoms with Crippen molar-refractivity contribution in [3.63, 3.8) is 0 Å². The van der Waals surface area contributed by atoms with Gasteiger partial charge in [-0.1, -0.05) is 12.1 Å². The van der Waals surface area contributed by atoms with Gasteiger partial charge in [0.15, 0.2) is 23.0 Å². The SMILES string of the molecule is COc1cc2c3cc1Oc1c(OC)c(O)cc4c1C(Cc1ccc(OC)c(c1)-c1cc(ccc1O)CC3=NCC2)N(C)CC4. The van der Waals surface area contributed by atoms with Gasteiger partial charge in [0, 0.05) is 53.5 Å². The summed E-state index contributed by atoms with van der Waals surface area (Å²) >= 11 is 0. The van der Waals surface area contributed by atoms with E-state index in [-0.39, 0.29) is 23.3 Å². The molecule has 226 valence electrons. The quantitative estimate of drug-likeness (QED) is 0.290. The van der Waals surface area contributed by atoms with Crippen LogP contribution in [0.3, 0.4) is 0 Å². The van der Waals surface area contributed by atoms with Gasteiger partial charge in [-0.3, -0.25) is 9.89 Å². The molecule has 0 radical (unpaired) electrons. The predicted molar refractivity (Wildman–Crippen MR) is 169 cm³/mol. The first-order valence-electron chi connectivity index (χ1n) is 14.9. The van der Waals surface area contributed by atoms with Crippen molar-refractivity contribution < 1.29 is 29.2 Å². The number of hydrogen-bond donors (Lipinski definition) is 2. The maximum Gasteiger partial charge on any atom is 0.204 e. The van der Waals surface area contributed by atoms with E-state index in [1.165, 1.54) is 0 Å². The predicted octanol–water partition coefficient (Wildman–Crippen LogP) is 6.26. The summed E-state index contributed by atoms with van der Waals surface area (Å²) in [5.41, 5.74) is 8.69. The Morgan fingerprint density at radius 3 is 2.39 bits per heavy atom.